The normalized spacial score (nSPS) is 22.9. The Morgan fingerprint density at radius 3 is 2.33 bits per heavy atom. The summed E-state index contributed by atoms with van der Waals surface area (Å²) < 4.78 is 0. The van der Waals surface area contributed by atoms with Gasteiger partial charge in [0.25, 0.3) is 0 Å². The van der Waals surface area contributed by atoms with Gasteiger partial charge in [-0.2, -0.15) is 0 Å². The van der Waals surface area contributed by atoms with E-state index in [1.165, 1.54) is 0 Å². The molecule has 1 atom stereocenters. The summed E-state index contributed by atoms with van der Waals surface area (Å²) in [6.07, 6.45) is 0. The molecule has 0 N–H and O–H groups in total. The maximum absolute atomic E-state index is 11.0. The molecule has 1 fully saturated rings. The first-order valence-electron chi connectivity index (χ1n) is 3.28. The molecule has 0 aliphatic carbocycles. The first kappa shape index (κ1) is 9.12. The van der Waals surface area contributed by atoms with E-state index in [1.807, 2.05) is 0 Å². The number of thioether (sulfide) groups is 1. The molecule has 1 aliphatic rings. The number of hydrogen-bond donors (Lipinski definition) is 0. The Kier molecular flexibility index (Phi) is 2.42. The van der Waals surface area contributed by atoms with Gasteiger partial charge in [0.05, 0.1) is 5.75 Å². The SMILES string of the molecule is CC(=O)C(=O)C1C(=O)CSC1=O. The van der Waals surface area contributed by atoms with Crippen molar-refractivity contribution in [2.75, 3.05) is 5.75 Å². The Balaban J connectivity index is 2.87. The zero-order chi connectivity index (χ0) is 9.30. The van der Waals surface area contributed by atoms with Crippen molar-refractivity contribution in [1.82, 2.24) is 0 Å². The highest BCUT2D eigenvalue weighted by atomic mass is 32.2. The second kappa shape index (κ2) is 3.18. The average molecular weight is 186 g/mol. The fourth-order valence-electron chi connectivity index (χ4n) is 0.897. The molecule has 0 amide bonds. The second-order valence-corrected chi connectivity index (χ2v) is 3.41. The summed E-state index contributed by atoms with van der Waals surface area (Å²) in [5.74, 6) is -3.36. The van der Waals surface area contributed by atoms with Gasteiger partial charge in [-0.3, -0.25) is 19.2 Å². The zero-order valence-electron chi connectivity index (χ0n) is 6.33. The lowest BCUT2D eigenvalue weighted by Crippen LogP contribution is -2.29. The third-order valence-electron chi connectivity index (χ3n) is 1.52. The number of ketones is 3. The molecule has 1 unspecified atom stereocenters. The van der Waals surface area contributed by atoms with Crippen molar-refractivity contribution in [3.8, 4) is 0 Å². The van der Waals surface area contributed by atoms with E-state index in [9.17, 15) is 19.2 Å². The first-order valence-corrected chi connectivity index (χ1v) is 4.26. The van der Waals surface area contributed by atoms with Gasteiger partial charge in [0.2, 0.25) is 10.9 Å². The number of rotatable bonds is 2. The Labute approximate surface area is 72.7 Å². The summed E-state index contributed by atoms with van der Waals surface area (Å²) in [7, 11) is 0. The van der Waals surface area contributed by atoms with Crippen molar-refractivity contribution in [2.45, 2.75) is 6.92 Å². The lowest BCUT2D eigenvalue weighted by Gasteiger charge is -1.99. The summed E-state index contributed by atoms with van der Waals surface area (Å²) in [5.41, 5.74) is 0. The lowest BCUT2D eigenvalue weighted by molar-refractivity contribution is -0.142. The number of carbonyl (C=O) groups is 4. The maximum atomic E-state index is 11.0. The molecule has 5 heteroatoms. The van der Waals surface area contributed by atoms with E-state index in [-0.39, 0.29) is 5.75 Å². The largest absolute Gasteiger partial charge is 0.297 e. The van der Waals surface area contributed by atoms with Crippen LogP contribution in [0, 0.1) is 5.92 Å². The minimum atomic E-state index is -1.31. The van der Waals surface area contributed by atoms with E-state index in [0.29, 0.717) is 0 Å². The Morgan fingerprint density at radius 2 is 2.00 bits per heavy atom. The third kappa shape index (κ3) is 1.45. The molecule has 64 valence electrons. The van der Waals surface area contributed by atoms with E-state index in [4.69, 9.17) is 0 Å². The van der Waals surface area contributed by atoms with Gasteiger partial charge in [-0.05, 0) is 0 Å². The summed E-state index contributed by atoms with van der Waals surface area (Å²) in [6, 6.07) is 0. The van der Waals surface area contributed by atoms with Crippen molar-refractivity contribution in [2.24, 2.45) is 5.92 Å². The van der Waals surface area contributed by atoms with Crippen LogP contribution in [0.5, 0.6) is 0 Å². The van der Waals surface area contributed by atoms with Gasteiger partial charge < -0.3 is 0 Å². The predicted molar refractivity (Wildman–Crippen MR) is 41.7 cm³/mol. The molecule has 4 nitrogen and oxygen atoms in total. The van der Waals surface area contributed by atoms with Crippen molar-refractivity contribution >= 4 is 34.2 Å². The molecular weight excluding hydrogens is 180 g/mol. The Morgan fingerprint density at radius 1 is 1.42 bits per heavy atom. The van der Waals surface area contributed by atoms with E-state index in [1.54, 1.807) is 0 Å². The Hall–Kier alpha value is -0.970. The first-order chi connectivity index (χ1) is 5.54. The molecular formula is C7H6O4S. The van der Waals surface area contributed by atoms with E-state index in [0.717, 1.165) is 18.7 Å². The number of Topliss-reactive ketones (excluding diaryl/α,β-unsaturated/α-hetero) is 3. The fourth-order valence-corrected chi connectivity index (χ4v) is 1.75. The van der Waals surface area contributed by atoms with Crippen molar-refractivity contribution in [1.29, 1.82) is 0 Å². The van der Waals surface area contributed by atoms with Crippen LogP contribution in [0.15, 0.2) is 0 Å². The van der Waals surface area contributed by atoms with Crippen molar-refractivity contribution in [3.05, 3.63) is 0 Å². The van der Waals surface area contributed by atoms with Gasteiger partial charge in [-0.1, -0.05) is 11.8 Å². The van der Waals surface area contributed by atoms with Crippen LogP contribution >= 0.6 is 11.8 Å². The van der Waals surface area contributed by atoms with Crippen LogP contribution in [-0.4, -0.2) is 28.2 Å². The molecule has 0 saturated carbocycles. The highest BCUT2D eigenvalue weighted by Crippen LogP contribution is 2.23. The predicted octanol–water partition coefficient (Wildman–Crippen LogP) is -0.397. The molecule has 0 aromatic rings. The van der Waals surface area contributed by atoms with Gasteiger partial charge in [-0.25, -0.2) is 0 Å². The molecule has 0 spiro atoms. The fraction of sp³-hybridized carbons (Fsp3) is 0.429. The summed E-state index contributed by atoms with van der Waals surface area (Å²) >= 11 is 0.798. The minimum absolute atomic E-state index is 0.0164. The van der Waals surface area contributed by atoms with Crippen molar-refractivity contribution < 1.29 is 19.2 Å². The molecule has 0 radical (unpaired) electrons. The number of hydrogen-bond acceptors (Lipinski definition) is 5. The molecule has 1 heterocycles. The molecule has 0 aromatic carbocycles. The van der Waals surface area contributed by atoms with E-state index >= 15 is 0 Å². The van der Waals surface area contributed by atoms with Gasteiger partial charge in [0.15, 0.2) is 17.5 Å². The summed E-state index contributed by atoms with van der Waals surface area (Å²) in [6.45, 7) is 1.06. The molecule has 0 aromatic heterocycles. The maximum Gasteiger partial charge on any atom is 0.216 e. The van der Waals surface area contributed by atoms with Gasteiger partial charge in [0, 0.05) is 6.92 Å². The smallest absolute Gasteiger partial charge is 0.216 e. The standard InChI is InChI=1S/C7H6O4S/c1-3(8)6(10)5-4(9)2-12-7(5)11/h5H,2H2,1H3. The lowest BCUT2D eigenvalue weighted by atomic mass is 9.99. The summed E-state index contributed by atoms with van der Waals surface area (Å²) in [5, 5.41) is -0.500. The highest BCUT2D eigenvalue weighted by Gasteiger charge is 2.41. The minimum Gasteiger partial charge on any atom is -0.297 e. The third-order valence-corrected chi connectivity index (χ3v) is 2.47. The van der Waals surface area contributed by atoms with E-state index in [2.05, 4.69) is 0 Å². The molecule has 0 bridgehead atoms. The molecule has 1 rings (SSSR count). The number of carbonyl (C=O) groups excluding carboxylic acids is 4. The van der Waals surface area contributed by atoms with Crippen LogP contribution in [-0.2, 0) is 19.2 Å². The van der Waals surface area contributed by atoms with Crippen LogP contribution in [0.1, 0.15) is 6.92 Å². The van der Waals surface area contributed by atoms with Crippen LogP contribution in [0.4, 0.5) is 0 Å². The zero-order valence-corrected chi connectivity index (χ0v) is 7.14. The van der Waals surface area contributed by atoms with E-state index < -0.39 is 28.4 Å². The summed E-state index contributed by atoms with van der Waals surface area (Å²) in [4.78, 5) is 43.3. The van der Waals surface area contributed by atoms with Crippen LogP contribution in [0.25, 0.3) is 0 Å². The molecule has 1 aliphatic heterocycles. The van der Waals surface area contributed by atoms with Crippen LogP contribution in [0.2, 0.25) is 0 Å². The Bertz CT molecular complexity index is 265. The average Bonchev–Trinajstić information content (AvgIpc) is 2.30. The second-order valence-electron chi connectivity index (χ2n) is 2.43. The van der Waals surface area contributed by atoms with Gasteiger partial charge >= 0.3 is 0 Å². The van der Waals surface area contributed by atoms with Crippen LogP contribution in [0.3, 0.4) is 0 Å². The topological polar surface area (TPSA) is 68.3 Å². The monoisotopic (exact) mass is 186 g/mol. The van der Waals surface area contributed by atoms with Crippen molar-refractivity contribution in [3.63, 3.8) is 0 Å². The van der Waals surface area contributed by atoms with Gasteiger partial charge in [0.1, 0.15) is 0 Å². The van der Waals surface area contributed by atoms with Gasteiger partial charge in [-0.15, -0.1) is 0 Å². The molecule has 1 saturated heterocycles. The quantitative estimate of drug-likeness (QED) is 0.433. The molecule has 12 heavy (non-hydrogen) atoms. The van der Waals surface area contributed by atoms with Crippen LogP contribution < -0.4 is 0 Å². The highest BCUT2D eigenvalue weighted by molar-refractivity contribution is 8.15.